The summed E-state index contributed by atoms with van der Waals surface area (Å²) in [5.74, 6) is -0.629. The van der Waals surface area contributed by atoms with Gasteiger partial charge in [0, 0.05) is 25.3 Å². The van der Waals surface area contributed by atoms with Crippen LogP contribution in [0, 0.1) is 11.3 Å². The number of benzene rings is 2. The maximum absolute atomic E-state index is 13.1. The number of nitrogen functional groups attached to an aromatic ring is 1. The van der Waals surface area contributed by atoms with Crippen molar-refractivity contribution in [1.82, 2.24) is 24.8 Å². The van der Waals surface area contributed by atoms with Gasteiger partial charge in [0.2, 0.25) is 0 Å². The van der Waals surface area contributed by atoms with Crippen molar-refractivity contribution in [3.8, 4) is 6.07 Å². The molecule has 2 aromatic heterocycles. The fraction of sp³-hybridized carbons (Fsp3) is 0.276. The van der Waals surface area contributed by atoms with Crippen LogP contribution >= 0.6 is 7.82 Å². The summed E-state index contributed by atoms with van der Waals surface area (Å²) in [6.07, 6.45) is 0.112. The molecule has 5 rings (SSSR count). The van der Waals surface area contributed by atoms with Gasteiger partial charge in [-0.2, -0.15) is 5.26 Å². The standard InChI is InChI=1S/C29H31N8O7P/c1-2-36(21-11-9-19(10-12-21)4-3-18-5-7-20(15-30)8-6-18)14-13-32-28(39)24-23(38)25(44-45(40,41)42)29(43-24)37-17-35-22-26(31)33-16-34-27(22)37/h3-12,16-17,23-25,29,38H,2,13-14H2,1H3,(H,32,39)(H2,31,33,34)(H2,40,41,42)/b4-3+/t23-,24+,25-,29-/m1/s1. The zero-order valence-corrected chi connectivity index (χ0v) is 24.9. The quantitative estimate of drug-likeness (QED) is 0.117. The molecule has 1 saturated heterocycles. The first-order valence-electron chi connectivity index (χ1n) is 13.9. The number of hydrogen-bond acceptors (Lipinski definition) is 11. The molecule has 2 aromatic carbocycles. The van der Waals surface area contributed by atoms with Gasteiger partial charge in [-0.05, 0) is 42.3 Å². The van der Waals surface area contributed by atoms with Crippen LogP contribution in [0.1, 0.15) is 29.8 Å². The normalized spacial score (nSPS) is 20.0. The molecule has 1 aliphatic heterocycles. The predicted octanol–water partition coefficient (Wildman–Crippen LogP) is 1.83. The number of carbonyl (C=O) groups excluding carboxylic acids is 1. The van der Waals surface area contributed by atoms with Crippen LogP contribution in [-0.2, 0) is 18.6 Å². The molecule has 234 valence electrons. The number of aliphatic hydroxyl groups is 1. The van der Waals surface area contributed by atoms with Crippen molar-refractivity contribution in [2.24, 2.45) is 0 Å². The van der Waals surface area contributed by atoms with Crippen molar-refractivity contribution in [3.63, 3.8) is 0 Å². The number of likely N-dealkylation sites (N-methyl/N-ethyl adjacent to an activating group) is 1. The van der Waals surface area contributed by atoms with Crippen molar-refractivity contribution in [3.05, 3.63) is 77.9 Å². The van der Waals surface area contributed by atoms with Crippen LogP contribution in [0.25, 0.3) is 23.3 Å². The minimum atomic E-state index is -5.10. The SMILES string of the molecule is CCN(CCNC(=O)[C@H]1O[C@@H](n2cnc3c(N)ncnc32)[C@H](OP(=O)(O)O)[C@@H]1O)c1ccc(/C=C/c2ccc(C#N)cc2)cc1. The molecule has 0 saturated carbocycles. The maximum atomic E-state index is 13.1. The first kappa shape index (κ1) is 31.7. The zero-order chi connectivity index (χ0) is 32.1. The highest BCUT2D eigenvalue weighted by molar-refractivity contribution is 7.46. The molecule has 4 atom stereocenters. The summed E-state index contributed by atoms with van der Waals surface area (Å²) in [6.45, 7) is 3.24. The van der Waals surface area contributed by atoms with Crippen LogP contribution in [0.3, 0.4) is 0 Å². The second-order valence-corrected chi connectivity index (χ2v) is 11.3. The van der Waals surface area contributed by atoms with Crippen LogP contribution in [0.5, 0.6) is 0 Å². The topological polar surface area (TPSA) is 222 Å². The summed E-state index contributed by atoms with van der Waals surface area (Å²) in [5, 5.41) is 22.6. The highest BCUT2D eigenvalue weighted by Gasteiger charge is 2.51. The molecule has 3 heterocycles. The van der Waals surface area contributed by atoms with Gasteiger partial charge in [-0.25, -0.2) is 19.5 Å². The third kappa shape index (κ3) is 7.35. The highest BCUT2D eigenvalue weighted by Crippen LogP contribution is 2.45. The summed E-state index contributed by atoms with van der Waals surface area (Å²) >= 11 is 0. The van der Waals surface area contributed by atoms with Crippen molar-refractivity contribution >= 4 is 48.6 Å². The van der Waals surface area contributed by atoms with Crippen LogP contribution in [0.4, 0.5) is 11.5 Å². The number of anilines is 2. The Labute approximate surface area is 257 Å². The van der Waals surface area contributed by atoms with E-state index in [1.807, 2.05) is 60.4 Å². The summed E-state index contributed by atoms with van der Waals surface area (Å²) in [6, 6.07) is 17.3. The molecule has 6 N–H and O–H groups in total. The third-order valence-electron chi connectivity index (χ3n) is 7.22. The lowest BCUT2D eigenvalue weighted by molar-refractivity contribution is -0.137. The lowest BCUT2D eigenvalue weighted by Crippen LogP contribution is -2.45. The van der Waals surface area contributed by atoms with Gasteiger partial charge in [-0.15, -0.1) is 0 Å². The number of hydrogen-bond donors (Lipinski definition) is 5. The minimum absolute atomic E-state index is 0.0636. The summed E-state index contributed by atoms with van der Waals surface area (Å²) in [5.41, 5.74) is 9.70. The molecule has 1 aliphatic rings. The van der Waals surface area contributed by atoms with Crippen molar-refractivity contribution in [2.45, 2.75) is 31.5 Å². The number of ether oxygens (including phenoxy) is 1. The van der Waals surface area contributed by atoms with Crippen LogP contribution in [0.2, 0.25) is 0 Å². The van der Waals surface area contributed by atoms with E-state index in [0.717, 1.165) is 16.8 Å². The molecule has 45 heavy (non-hydrogen) atoms. The molecule has 0 bridgehead atoms. The van der Waals surface area contributed by atoms with E-state index in [4.69, 9.17) is 20.3 Å². The van der Waals surface area contributed by atoms with Gasteiger partial charge >= 0.3 is 7.82 Å². The maximum Gasteiger partial charge on any atom is 0.470 e. The van der Waals surface area contributed by atoms with Crippen LogP contribution in [-0.4, -0.2) is 78.3 Å². The molecule has 15 nitrogen and oxygen atoms in total. The fourth-order valence-corrected chi connectivity index (χ4v) is 5.51. The number of nitrogens with zero attached hydrogens (tertiary/aromatic N) is 6. The summed E-state index contributed by atoms with van der Waals surface area (Å²) in [4.78, 5) is 46.2. The molecule has 1 amide bonds. The van der Waals surface area contributed by atoms with Gasteiger partial charge in [0.25, 0.3) is 5.91 Å². The molecule has 4 aromatic rings. The lowest BCUT2D eigenvalue weighted by Gasteiger charge is -2.24. The number of nitriles is 1. The number of nitrogens with two attached hydrogens (primary N) is 1. The molecule has 1 fully saturated rings. The van der Waals surface area contributed by atoms with Crippen molar-refractivity contribution in [2.75, 3.05) is 30.3 Å². The molecule has 0 unspecified atom stereocenters. The van der Waals surface area contributed by atoms with Crippen molar-refractivity contribution < 1.29 is 33.5 Å². The van der Waals surface area contributed by atoms with E-state index in [1.165, 1.54) is 17.2 Å². The molecular formula is C29H31N8O7P. The van der Waals surface area contributed by atoms with E-state index in [1.54, 1.807) is 12.1 Å². The Hall–Kier alpha value is -4.68. The minimum Gasteiger partial charge on any atom is -0.387 e. The summed E-state index contributed by atoms with van der Waals surface area (Å²) in [7, 11) is -5.10. The van der Waals surface area contributed by atoms with E-state index in [2.05, 4.69) is 26.3 Å². The van der Waals surface area contributed by atoms with Gasteiger partial charge in [0.05, 0.1) is 18.0 Å². The smallest absolute Gasteiger partial charge is 0.387 e. The second-order valence-electron chi connectivity index (χ2n) is 10.1. The Morgan fingerprint density at radius 2 is 1.82 bits per heavy atom. The van der Waals surface area contributed by atoms with E-state index >= 15 is 0 Å². The number of nitrogens with one attached hydrogen (secondary N) is 1. The third-order valence-corrected chi connectivity index (χ3v) is 7.74. The van der Waals surface area contributed by atoms with E-state index in [9.17, 15) is 24.3 Å². The van der Waals surface area contributed by atoms with Gasteiger partial charge in [-0.1, -0.05) is 36.4 Å². The van der Waals surface area contributed by atoms with E-state index in [-0.39, 0.29) is 23.5 Å². The zero-order valence-electron chi connectivity index (χ0n) is 24.0. The number of imidazole rings is 1. The van der Waals surface area contributed by atoms with Gasteiger partial charge in [-0.3, -0.25) is 13.9 Å². The number of amides is 1. The number of carbonyl (C=O) groups is 1. The highest BCUT2D eigenvalue weighted by atomic mass is 31.2. The monoisotopic (exact) mass is 634 g/mol. The Kier molecular flexibility index (Phi) is 9.54. The van der Waals surface area contributed by atoms with Gasteiger partial charge in [0.15, 0.2) is 23.8 Å². The molecule has 0 aliphatic carbocycles. The average Bonchev–Trinajstić information content (AvgIpc) is 3.59. The number of phosphoric acid groups is 1. The molecule has 16 heteroatoms. The Bertz CT molecular complexity index is 1770. The number of phosphoric ester groups is 1. The number of fused-ring (bicyclic) bond motifs is 1. The van der Waals surface area contributed by atoms with Gasteiger partial charge < -0.3 is 35.6 Å². The second kappa shape index (κ2) is 13.5. The average molecular weight is 635 g/mol. The first-order valence-corrected chi connectivity index (χ1v) is 15.4. The van der Waals surface area contributed by atoms with E-state index in [0.29, 0.717) is 18.7 Å². The fourth-order valence-electron chi connectivity index (χ4n) is 4.96. The molecule has 0 spiro atoms. The summed E-state index contributed by atoms with van der Waals surface area (Å²) < 4.78 is 23.6. The Morgan fingerprint density at radius 1 is 1.16 bits per heavy atom. The number of aliphatic hydroxyl groups excluding tert-OH is 1. The lowest BCUT2D eigenvalue weighted by atomic mass is 10.1. The largest absolute Gasteiger partial charge is 0.470 e. The predicted molar refractivity (Wildman–Crippen MR) is 164 cm³/mol. The van der Waals surface area contributed by atoms with Crippen molar-refractivity contribution in [1.29, 1.82) is 5.26 Å². The molecule has 0 radical (unpaired) electrons. The van der Waals surface area contributed by atoms with Crippen LogP contribution in [0.15, 0.2) is 61.2 Å². The Balaban J connectivity index is 1.21. The van der Waals surface area contributed by atoms with Crippen LogP contribution < -0.4 is 16.0 Å². The first-order chi connectivity index (χ1) is 21.6. The number of aromatic nitrogens is 4. The van der Waals surface area contributed by atoms with Gasteiger partial charge in [0.1, 0.15) is 24.1 Å². The van der Waals surface area contributed by atoms with E-state index < -0.39 is 38.3 Å². The number of rotatable bonds is 11. The molecular weight excluding hydrogens is 603 g/mol. The Morgan fingerprint density at radius 3 is 2.44 bits per heavy atom.